The number of nitrogens with two attached hydrogens (primary N) is 1. The molecular weight excluding hydrogens is 452 g/mol. The number of amides is 4. The maximum atomic E-state index is 12.1. The first kappa shape index (κ1) is 25.2. The van der Waals surface area contributed by atoms with Crippen LogP contribution in [0, 0.1) is 0 Å². The molecule has 0 spiro atoms. The summed E-state index contributed by atoms with van der Waals surface area (Å²) in [6.45, 7) is 0. The van der Waals surface area contributed by atoms with E-state index >= 15 is 0 Å². The van der Waals surface area contributed by atoms with E-state index in [1.165, 1.54) is 30.6 Å². The summed E-state index contributed by atoms with van der Waals surface area (Å²) in [5.74, 6) is -0.591. The number of fused-ring (bicyclic) bond motifs is 1. The zero-order valence-corrected chi connectivity index (χ0v) is 19.7. The third-order valence-corrected chi connectivity index (χ3v) is 6.68. The van der Waals surface area contributed by atoms with Gasteiger partial charge in [-0.15, -0.1) is 11.3 Å². The zero-order chi connectivity index (χ0) is 24.3. The minimum atomic E-state index is -0.537. The number of carbonyl (C=O) groups is 3. The summed E-state index contributed by atoms with van der Waals surface area (Å²) in [5, 5.41) is 15.1. The molecule has 1 fully saturated rings. The van der Waals surface area contributed by atoms with Crippen molar-refractivity contribution >= 4 is 45.0 Å². The van der Waals surface area contributed by atoms with Crippen LogP contribution in [-0.4, -0.2) is 29.1 Å². The zero-order valence-electron chi connectivity index (χ0n) is 18.9. The van der Waals surface area contributed by atoms with E-state index in [4.69, 9.17) is 10.9 Å². The molecule has 0 bridgehead atoms. The van der Waals surface area contributed by atoms with Gasteiger partial charge in [-0.2, -0.15) is 0 Å². The quantitative estimate of drug-likeness (QED) is 0.260. The second-order valence-corrected chi connectivity index (χ2v) is 9.27. The van der Waals surface area contributed by atoms with Crippen molar-refractivity contribution in [2.75, 3.05) is 5.32 Å². The molecule has 180 valence electrons. The minimum absolute atomic E-state index is 0.0539. The maximum Gasteiger partial charge on any atom is 0.312 e. The fourth-order valence-corrected chi connectivity index (χ4v) is 4.80. The highest BCUT2D eigenvalue weighted by Crippen LogP contribution is 2.28. The maximum absolute atomic E-state index is 12.1. The van der Waals surface area contributed by atoms with Crippen LogP contribution in [0.4, 0.5) is 10.5 Å². The van der Waals surface area contributed by atoms with Crippen LogP contribution in [0.25, 0.3) is 10.1 Å². The molecule has 8 nitrogen and oxygen atoms in total. The number of hydrogen-bond donors (Lipinski definition) is 5. The third kappa shape index (κ3) is 7.86. The van der Waals surface area contributed by atoms with Crippen LogP contribution in [0.15, 0.2) is 54.6 Å². The number of carbonyl (C=O) groups excluding carboxylic acids is 3. The number of hydrogen-bond acceptors (Lipinski definition) is 5. The largest absolute Gasteiger partial charge is 0.352 e. The van der Waals surface area contributed by atoms with Gasteiger partial charge in [0.25, 0.3) is 5.91 Å². The summed E-state index contributed by atoms with van der Waals surface area (Å²) in [5.41, 5.74) is 8.41. The molecule has 1 aliphatic rings. The predicted molar refractivity (Wildman–Crippen MR) is 134 cm³/mol. The summed E-state index contributed by atoms with van der Waals surface area (Å²) >= 11 is 1.28. The van der Waals surface area contributed by atoms with E-state index in [-0.39, 0.29) is 11.9 Å². The monoisotopic (exact) mass is 482 g/mol. The summed E-state index contributed by atoms with van der Waals surface area (Å²) in [4.78, 5) is 34.3. The van der Waals surface area contributed by atoms with Crippen LogP contribution in [0.2, 0.25) is 0 Å². The lowest BCUT2D eigenvalue weighted by molar-refractivity contribution is -0.116. The Labute approximate surface area is 202 Å². The van der Waals surface area contributed by atoms with Crippen LogP contribution in [0.5, 0.6) is 0 Å². The lowest BCUT2D eigenvalue weighted by Gasteiger charge is -2.21. The van der Waals surface area contributed by atoms with Gasteiger partial charge in [0.15, 0.2) is 0 Å². The first-order valence-corrected chi connectivity index (χ1v) is 12.1. The molecule has 3 aromatic rings. The van der Waals surface area contributed by atoms with E-state index in [1.54, 1.807) is 17.6 Å². The highest BCUT2D eigenvalue weighted by molar-refractivity contribution is 7.20. The number of thiophene rings is 1. The van der Waals surface area contributed by atoms with Crippen molar-refractivity contribution in [2.45, 2.75) is 51.0 Å². The molecule has 0 saturated heterocycles. The lowest BCUT2D eigenvalue weighted by Crippen LogP contribution is -2.39. The molecule has 34 heavy (non-hydrogen) atoms. The highest BCUT2D eigenvalue weighted by atomic mass is 32.1. The minimum Gasteiger partial charge on any atom is -0.352 e. The van der Waals surface area contributed by atoms with Crippen molar-refractivity contribution in [3.63, 3.8) is 0 Å². The number of benzene rings is 2. The number of urea groups is 1. The molecule has 1 heterocycles. The molecule has 1 aliphatic carbocycles. The number of rotatable bonds is 6. The highest BCUT2D eigenvalue weighted by Gasteiger charge is 2.13. The molecule has 2 aromatic carbocycles. The summed E-state index contributed by atoms with van der Waals surface area (Å²) < 4.78 is 0.913. The molecule has 0 radical (unpaired) electrons. The Hall–Kier alpha value is -3.43. The van der Waals surface area contributed by atoms with Gasteiger partial charge in [-0.3, -0.25) is 14.8 Å². The smallest absolute Gasteiger partial charge is 0.312 e. The third-order valence-electron chi connectivity index (χ3n) is 5.56. The van der Waals surface area contributed by atoms with E-state index < -0.39 is 5.91 Å². The van der Waals surface area contributed by atoms with Gasteiger partial charge in [0.2, 0.25) is 5.91 Å². The van der Waals surface area contributed by atoms with Gasteiger partial charge in [-0.05, 0) is 54.5 Å². The van der Waals surface area contributed by atoms with Gasteiger partial charge >= 0.3 is 6.03 Å². The van der Waals surface area contributed by atoms with E-state index in [2.05, 4.69) is 10.6 Å². The van der Waals surface area contributed by atoms with Crippen molar-refractivity contribution in [3.8, 4) is 0 Å². The van der Waals surface area contributed by atoms with Gasteiger partial charge in [0, 0.05) is 22.8 Å². The first-order valence-electron chi connectivity index (χ1n) is 11.3. The molecule has 0 atom stereocenters. The number of anilines is 1. The van der Waals surface area contributed by atoms with Gasteiger partial charge in [-0.25, -0.2) is 10.3 Å². The van der Waals surface area contributed by atoms with Gasteiger partial charge in [0.1, 0.15) is 0 Å². The van der Waals surface area contributed by atoms with Crippen LogP contribution < -0.4 is 21.8 Å². The molecule has 0 aliphatic heterocycles. The molecule has 6 N–H and O–H groups in total. The van der Waals surface area contributed by atoms with Crippen LogP contribution in [0.3, 0.4) is 0 Å². The van der Waals surface area contributed by atoms with Gasteiger partial charge in [-0.1, -0.05) is 49.6 Å². The Balaban J connectivity index is 0.000000271. The van der Waals surface area contributed by atoms with E-state index in [0.717, 1.165) is 28.5 Å². The lowest BCUT2D eigenvalue weighted by atomic mass is 9.96. The SMILES string of the molecule is NC(=O)NC1CCCCC1.O=C(CCc1ccccc1)Nc1ccc2sc(C(=O)NO)cc2c1. The van der Waals surface area contributed by atoms with Crippen molar-refractivity contribution in [2.24, 2.45) is 5.73 Å². The Morgan fingerprint density at radius 2 is 1.74 bits per heavy atom. The molecule has 0 unspecified atom stereocenters. The van der Waals surface area contributed by atoms with Crippen LogP contribution in [-0.2, 0) is 11.2 Å². The molecule has 1 aromatic heterocycles. The van der Waals surface area contributed by atoms with Crippen LogP contribution in [0.1, 0.15) is 53.8 Å². The van der Waals surface area contributed by atoms with E-state index in [1.807, 2.05) is 42.5 Å². The van der Waals surface area contributed by atoms with Crippen molar-refractivity contribution in [3.05, 3.63) is 65.0 Å². The molecule has 9 heteroatoms. The Morgan fingerprint density at radius 3 is 2.41 bits per heavy atom. The fraction of sp³-hybridized carbons (Fsp3) is 0.320. The van der Waals surface area contributed by atoms with Crippen molar-refractivity contribution < 1.29 is 19.6 Å². The second-order valence-electron chi connectivity index (χ2n) is 8.18. The summed E-state index contributed by atoms with van der Waals surface area (Å²) in [6, 6.07) is 17.0. The van der Waals surface area contributed by atoms with Crippen molar-refractivity contribution in [1.82, 2.24) is 10.8 Å². The molecule has 4 amide bonds. The Kier molecular flexibility index (Phi) is 9.42. The number of nitrogens with one attached hydrogen (secondary N) is 3. The number of primary amides is 1. The van der Waals surface area contributed by atoms with Crippen molar-refractivity contribution in [1.29, 1.82) is 0 Å². The Bertz CT molecular complexity index is 1110. The first-order chi connectivity index (χ1) is 16.4. The Morgan fingerprint density at radius 1 is 1.00 bits per heavy atom. The van der Waals surface area contributed by atoms with Crippen LogP contribution >= 0.6 is 11.3 Å². The number of hydroxylamine groups is 1. The predicted octanol–water partition coefficient (Wildman–Crippen LogP) is 4.58. The topological polar surface area (TPSA) is 134 Å². The molecule has 4 rings (SSSR count). The normalized spacial score (nSPS) is 13.4. The average Bonchev–Trinajstić information content (AvgIpc) is 3.27. The molecular formula is C25H30N4O4S. The van der Waals surface area contributed by atoms with Gasteiger partial charge < -0.3 is 16.4 Å². The molecule has 1 saturated carbocycles. The van der Waals surface area contributed by atoms with E-state index in [0.29, 0.717) is 29.4 Å². The summed E-state index contributed by atoms with van der Waals surface area (Å²) in [6.07, 6.45) is 7.05. The van der Waals surface area contributed by atoms with E-state index in [9.17, 15) is 14.4 Å². The second kappa shape index (κ2) is 12.7. The van der Waals surface area contributed by atoms with Gasteiger partial charge in [0.05, 0.1) is 4.88 Å². The number of aryl methyl sites for hydroxylation is 1. The summed E-state index contributed by atoms with van der Waals surface area (Å²) in [7, 11) is 0. The average molecular weight is 483 g/mol. The fourth-order valence-electron chi connectivity index (χ4n) is 3.86. The standard InChI is InChI=1S/C18H16N2O3S.C7H14N2O/c21-17(9-6-12-4-2-1-3-5-12)19-14-7-8-15-13(10-14)11-16(24-15)18(22)20-23;8-7(10)9-6-4-2-1-3-5-6/h1-5,7-8,10-11,23H,6,9H2,(H,19,21)(H,20,22);6H,1-5H2,(H3,8,9,10).